The number of benzene rings is 1. The van der Waals surface area contributed by atoms with Gasteiger partial charge in [-0.15, -0.1) is 0 Å². The van der Waals surface area contributed by atoms with Crippen LogP contribution in [0.5, 0.6) is 11.5 Å². The number of aliphatic carboxylic acids is 2. The number of methoxy groups -OCH3 is 2. The highest BCUT2D eigenvalue weighted by atomic mass is 16.5. The third-order valence-corrected chi connectivity index (χ3v) is 3.10. The molecule has 0 saturated carbocycles. The Morgan fingerprint density at radius 3 is 2.30 bits per heavy atom. The summed E-state index contributed by atoms with van der Waals surface area (Å²) < 4.78 is 10.3. The van der Waals surface area contributed by atoms with E-state index in [9.17, 15) is 14.4 Å². The average molecular weight is 325 g/mol. The maximum Gasteiger partial charge on any atom is 0.326 e. The lowest BCUT2D eigenvalue weighted by Gasteiger charge is -2.13. The molecule has 0 heterocycles. The Labute approximate surface area is 133 Å². The first-order valence-corrected chi connectivity index (χ1v) is 6.82. The highest BCUT2D eigenvalue weighted by molar-refractivity contribution is 5.86. The third-order valence-electron chi connectivity index (χ3n) is 3.10. The minimum absolute atomic E-state index is 0.0267. The van der Waals surface area contributed by atoms with E-state index in [0.717, 1.165) is 5.56 Å². The standard InChI is InChI=1S/C15H19NO7/c1-22-11-5-3-9(7-12(11)23-2)4-6-13(17)16-10(15(20)21)8-14(18)19/h3,5,7,10H,4,6,8H2,1-2H3,(H,16,17)(H,18,19)(H,20,21). The number of carboxylic acids is 2. The lowest BCUT2D eigenvalue weighted by molar-refractivity contribution is -0.147. The number of carbonyl (C=O) groups is 3. The molecule has 1 rings (SSSR count). The lowest BCUT2D eigenvalue weighted by Crippen LogP contribution is -2.42. The van der Waals surface area contributed by atoms with Crippen molar-refractivity contribution < 1.29 is 34.1 Å². The van der Waals surface area contributed by atoms with Crippen molar-refractivity contribution in [3.63, 3.8) is 0 Å². The fourth-order valence-electron chi connectivity index (χ4n) is 1.94. The van der Waals surface area contributed by atoms with E-state index in [-0.39, 0.29) is 6.42 Å². The van der Waals surface area contributed by atoms with Gasteiger partial charge in [-0.05, 0) is 24.1 Å². The van der Waals surface area contributed by atoms with Crippen LogP contribution in [0, 0.1) is 0 Å². The molecule has 0 spiro atoms. The molecule has 0 bridgehead atoms. The Kier molecular flexibility index (Phi) is 6.85. The Hall–Kier alpha value is -2.77. The predicted molar refractivity (Wildman–Crippen MR) is 79.7 cm³/mol. The molecule has 0 radical (unpaired) electrons. The summed E-state index contributed by atoms with van der Waals surface area (Å²) in [5.74, 6) is -2.12. The molecule has 1 amide bonds. The molecule has 0 aromatic heterocycles. The zero-order chi connectivity index (χ0) is 17.4. The van der Waals surface area contributed by atoms with Gasteiger partial charge in [-0.25, -0.2) is 4.79 Å². The van der Waals surface area contributed by atoms with Gasteiger partial charge >= 0.3 is 11.9 Å². The summed E-state index contributed by atoms with van der Waals surface area (Å²) in [5, 5.41) is 19.7. The Balaban J connectivity index is 2.61. The largest absolute Gasteiger partial charge is 0.493 e. The van der Waals surface area contributed by atoms with Crippen LogP contribution in [0.2, 0.25) is 0 Å². The molecule has 1 atom stereocenters. The van der Waals surface area contributed by atoms with Gasteiger partial charge in [0.1, 0.15) is 6.04 Å². The van der Waals surface area contributed by atoms with Crippen LogP contribution in [0.4, 0.5) is 0 Å². The molecule has 3 N–H and O–H groups in total. The number of carbonyl (C=O) groups excluding carboxylic acids is 1. The summed E-state index contributed by atoms with van der Waals surface area (Å²) in [4.78, 5) is 33.2. The Bertz CT molecular complexity index is 585. The first-order chi connectivity index (χ1) is 10.9. The molecule has 8 nitrogen and oxygen atoms in total. The van der Waals surface area contributed by atoms with Crippen molar-refractivity contribution >= 4 is 17.8 Å². The molecular weight excluding hydrogens is 306 g/mol. The van der Waals surface area contributed by atoms with Crippen LogP contribution in [-0.4, -0.2) is 48.3 Å². The second-order valence-electron chi connectivity index (χ2n) is 4.75. The van der Waals surface area contributed by atoms with E-state index < -0.39 is 30.3 Å². The van der Waals surface area contributed by atoms with Crippen molar-refractivity contribution in [1.29, 1.82) is 0 Å². The molecule has 1 unspecified atom stereocenters. The summed E-state index contributed by atoms with van der Waals surface area (Å²) in [6.45, 7) is 0. The number of hydrogen-bond donors (Lipinski definition) is 3. The first kappa shape index (κ1) is 18.3. The highest BCUT2D eigenvalue weighted by Gasteiger charge is 2.22. The molecular formula is C15H19NO7. The van der Waals surface area contributed by atoms with Crippen molar-refractivity contribution in [3.05, 3.63) is 23.8 Å². The molecule has 0 aliphatic carbocycles. The number of rotatable bonds is 9. The summed E-state index contributed by atoms with van der Waals surface area (Å²) >= 11 is 0. The van der Waals surface area contributed by atoms with Crippen LogP contribution >= 0.6 is 0 Å². The zero-order valence-electron chi connectivity index (χ0n) is 12.9. The highest BCUT2D eigenvalue weighted by Crippen LogP contribution is 2.27. The quantitative estimate of drug-likeness (QED) is 0.610. The van der Waals surface area contributed by atoms with Crippen LogP contribution in [-0.2, 0) is 20.8 Å². The van der Waals surface area contributed by atoms with Crippen LogP contribution in [0.1, 0.15) is 18.4 Å². The van der Waals surface area contributed by atoms with Crippen molar-refractivity contribution in [2.24, 2.45) is 0 Å². The number of hydrogen-bond acceptors (Lipinski definition) is 5. The lowest BCUT2D eigenvalue weighted by atomic mass is 10.1. The molecule has 0 fully saturated rings. The molecule has 1 aromatic carbocycles. The number of aryl methyl sites for hydroxylation is 1. The van der Waals surface area contributed by atoms with Gasteiger partial charge in [0.05, 0.1) is 20.6 Å². The zero-order valence-corrected chi connectivity index (χ0v) is 12.9. The molecule has 8 heteroatoms. The molecule has 1 aromatic rings. The Morgan fingerprint density at radius 1 is 1.13 bits per heavy atom. The van der Waals surface area contributed by atoms with Gasteiger partial charge in [-0.3, -0.25) is 9.59 Å². The summed E-state index contributed by atoms with van der Waals surface area (Å²) in [7, 11) is 3.01. The van der Waals surface area contributed by atoms with E-state index >= 15 is 0 Å². The molecule has 0 aliphatic rings. The van der Waals surface area contributed by atoms with Crippen molar-refractivity contribution in [2.75, 3.05) is 14.2 Å². The van der Waals surface area contributed by atoms with Gasteiger partial charge in [0.25, 0.3) is 0 Å². The van der Waals surface area contributed by atoms with Gasteiger partial charge in [0.2, 0.25) is 5.91 Å². The topological polar surface area (TPSA) is 122 Å². The van der Waals surface area contributed by atoms with Crippen LogP contribution in [0.3, 0.4) is 0 Å². The second-order valence-corrected chi connectivity index (χ2v) is 4.75. The molecule has 126 valence electrons. The molecule has 0 saturated heterocycles. The average Bonchev–Trinajstić information content (AvgIpc) is 2.51. The van der Waals surface area contributed by atoms with E-state index in [1.165, 1.54) is 14.2 Å². The van der Waals surface area contributed by atoms with Crippen molar-refractivity contribution in [3.8, 4) is 11.5 Å². The number of nitrogens with one attached hydrogen (secondary N) is 1. The van der Waals surface area contributed by atoms with E-state index in [1.807, 2.05) is 0 Å². The fourth-order valence-corrected chi connectivity index (χ4v) is 1.94. The van der Waals surface area contributed by atoms with Crippen LogP contribution in [0.15, 0.2) is 18.2 Å². The smallest absolute Gasteiger partial charge is 0.326 e. The van der Waals surface area contributed by atoms with Gasteiger partial charge in [-0.2, -0.15) is 0 Å². The third kappa shape index (κ3) is 5.85. The first-order valence-electron chi connectivity index (χ1n) is 6.82. The van der Waals surface area contributed by atoms with E-state index in [1.54, 1.807) is 18.2 Å². The summed E-state index contributed by atoms with van der Waals surface area (Å²) in [6.07, 6.45) is -0.290. The van der Waals surface area contributed by atoms with Gasteiger partial charge in [-0.1, -0.05) is 6.07 Å². The van der Waals surface area contributed by atoms with E-state index in [4.69, 9.17) is 19.7 Å². The fraction of sp³-hybridized carbons (Fsp3) is 0.400. The number of ether oxygens (including phenoxy) is 2. The van der Waals surface area contributed by atoms with Gasteiger partial charge < -0.3 is 25.0 Å². The number of amides is 1. The summed E-state index contributed by atoms with van der Waals surface area (Å²) in [5.41, 5.74) is 0.808. The van der Waals surface area contributed by atoms with Crippen LogP contribution in [0.25, 0.3) is 0 Å². The van der Waals surface area contributed by atoms with E-state index in [0.29, 0.717) is 17.9 Å². The van der Waals surface area contributed by atoms with Crippen molar-refractivity contribution in [1.82, 2.24) is 5.32 Å². The molecule has 0 aliphatic heterocycles. The SMILES string of the molecule is COc1ccc(CCC(=O)NC(CC(=O)O)C(=O)O)cc1OC. The van der Waals surface area contributed by atoms with Crippen LogP contribution < -0.4 is 14.8 Å². The summed E-state index contributed by atoms with van der Waals surface area (Å²) in [6, 6.07) is 3.75. The van der Waals surface area contributed by atoms with Gasteiger partial charge in [0, 0.05) is 6.42 Å². The van der Waals surface area contributed by atoms with Gasteiger partial charge in [0.15, 0.2) is 11.5 Å². The normalized spacial score (nSPS) is 11.4. The minimum Gasteiger partial charge on any atom is -0.493 e. The van der Waals surface area contributed by atoms with E-state index in [2.05, 4.69) is 5.32 Å². The van der Waals surface area contributed by atoms with Crippen molar-refractivity contribution in [2.45, 2.75) is 25.3 Å². The molecule has 23 heavy (non-hydrogen) atoms. The minimum atomic E-state index is -1.44. The monoisotopic (exact) mass is 325 g/mol. The second kappa shape index (κ2) is 8.62. The maximum atomic E-state index is 11.8. The predicted octanol–water partition coefficient (Wildman–Crippen LogP) is 0.680. The number of carboxylic acid groups (broad SMARTS) is 2. The maximum absolute atomic E-state index is 11.8. The Morgan fingerprint density at radius 2 is 1.78 bits per heavy atom.